The highest BCUT2D eigenvalue weighted by molar-refractivity contribution is 5.69. The Kier molecular flexibility index (Phi) is 21.0. The van der Waals surface area contributed by atoms with Crippen LogP contribution in [0.4, 0.5) is 0 Å². The smallest absolute Gasteiger partial charge is 0.305 e. The fraction of sp³-hybridized carbons (Fsp3) is 0.955. The van der Waals surface area contributed by atoms with Gasteiger partial charge in [-0.15, -0.1) is 0 Å². The van der Waals surface area contributed by atoms with Gasteiger partial charge in [-0.05, 0) is 19.3 Å². The van der Waals surface area contributed by atoms with Crippen LogP contribution in [0.5, 0.6) is 0 Å². The Hall–Kier alpha value is -0.570. The zero-order chi connectivity index (χ0) is 18.4. The Labute approximate surface area is 156 Å². The number of carbonyl (C=O) groups excluding carboxylic acids is 1. The Morgan fingerprint density at radius 3 is 1.60 bits per heavy atom. The van der Waals surface area contributed by atoms with Gasteiger partial charge in [0.1, 0.15) is 0 Å². The first kappa shape index (κ1) is 24.4. The molecule has 0 fully saturated rings. The van der Waals surface area contributed by atoms with Crippen LogP contribution < -0.4 is 0 Å². The van der Waals surface area contributed by atoms with Crippen LogP contribution in [-0.2, 0) is 9.53 Å². The van der Waals surface area contributed by atoms with Crippen molar-refractivity contribution in [2.75, 3.05) is 13.2 Å². The van der Waals surface area contributed by atoms with Gasteiger partial charge in [0.15, 0.2) is 0 Å². The van der Waals surface area contributed by atoms with Crippen molar-refractivity contribution in [2.45, 2.75) is 122 Å². The molecule has 3 nitrogen and oxygen atoms in total. The van der Waals surface area contributed by atoms with Crippen molar-refractivity contribution in [1.29, 1.82) is 0 Å². The molecule has 0 aromatic heterocycles. The van der Waals surface area contributed by atoms with E-state index in [1.807, 2.05) is 0 Å². The summed E-state index contributed by atoms with van der Waals surface area (Å²) in [4.78, 5) is 11.6. The first-order valence-electron chi connectivity index (χ1n) is 11.1. The van der Waals surface area contributed by atoms with Crippen LogP contribution in [0.1, 0.15) is 122 Å². The summed E-state index contributed by atoms with van der Waals surface area (Å²) < 4.78 is 5.28. The second-order valence-electron chi connectivity index (χ2n) is 7.35. The predicted molar refractivity (Wildman–Crippen MR) is 107 cm³/mol. The average Bonchev–Trinajstić information content (AvgIpc) is 2.62. The summed E-state index contributed by atoms with van der Waals surface area (Å²) in [7, 11) is 0. The molecule has 150 valence electrons. The molecule has 0 bridgehead atoms. The molecule has 0 rings (SSSR count). The van der Waals surface area contributed by atoms with E-state index in [2.05, 4.69) is 6.92 Å². The minimum absolute atomic E-state index is 0.0174. The molecule has 0 aliphatic heterocycles. The molecule has 0 aromatic rings. The largest absolute Gasteiger partial charge is 0.466 e. The zero-order valence-corrected chi connectivity index (χ0v) is 16.9. The fourth-order valence-electron chi connectivity index (χ4n) is 3.11. The molecule has 25 heavy (non-hydrogen) atoms. The molecule has 0 aromatic carbocycles. The molecule has 3 heteroatoms. The van der Waals surface area contributed by atoms with E-state index < -0.39 is 0 Å². The van der Waals surface area contributed by atoms with Crippen molar-refractivity contribution >= 4 is 5.97 Å². The lowest BCUT2D eigenvalue weighted by molar-refractivity contribution is -0.143. The highest BCUT2D eigenvalue weighted by Crippen LogP contribution is 2.12. The van der Waals surface area contributed by atoms with Gasteiger partial charge in [-0.25, -0.2) is 0 Å². The highest BCUT2D eigenvalue weighted by atomic mass is 16.5. The van der Waals surface area contributed by atoms with Crippen LogP contribution in [0.3, 0.4) is 0 Å². The summed E-state index contributed by atoms with van der Waals surface area (Å²) in [6.07, 6.45) is 21.4. The monoisotopic (exact) mass is 356 g/mol. The number of esters is 1. The normalized spacial score (nSPS) is 11.0. The number of aliphatic hydroxyl groups is 1. The van der Waals surface area contributed by atoms with Crippen molar-refractivity contribution < 1.29 is 14.6 Å². The molecule has 0 radical (unpaired) electrons. The number of rotatable bonds is 20. The van der Waals surface area contributed by atoms with Gasteiger partial charge in [-0.2, -0.15) is 0 Å². The highest BCUT2D eigenvalue weighted by Gasteiger charge is 2.02. The summed E-state index contributed by atoms with van der Waals surface area (Å²) in [6.45, 7) is 3.14. The summed E-state index contributed by atoms with van der Waals surface area (Å²) in [5.74, 6) is -0.0174. The number of ether oxygens (including phenoxy) is 1. The molecular formula is C22H44O3. The van der Waals surface area contributed by atoms with E-state index in [0.717, 1.165) is 38.5 Å². The van der Waals surface area contributed by atoms with Gasteiger partial charge >= 0.3 is 5.97 Å². The second-order valence-corrected chi connectivity index (χ2v) is 7.35. The van der Waals surface area contributed by atoms with E-state index in [0.29, 0.717) is 19.6 Å². The van der Waals surface area contributed by atoms with Crippen LogP contribution in [-0.4, -0.2) is 24.3 Å². The summed E-state index contributed by atoms with van der Waals surface area (Å²) in [5.41, 5.74) is 0. The third kappa shape index (κ3) is 21.4. The SMILES string of the molecule is CCCCCCCCCCCCCC(=O)OCCCCCCCCO. The lowest BCUT2D eigenvalue weighted by Gasteiger charge is -2.05. The van der Waals surface area contributed by atoms with Gasteiger partial charge in [0, 0.05) is 13.0 Å². The van der Waals surface area contributed by atoms with Crippen molar-refractivity contribution in [3.63, 3.8) is 0 Å². The van der Waals surface area contributed by atoms with Crippen molar-refractivity contribution in [2.24, 2.45) is 0 Å². The minimum atomic E-state index is -0.0174. The number of hydrogen-bond acceptors (Lipinski definition) is 3. The first-order chi connectivity index (χ1) is 12.3. The van der Waals surface area contributed by atoms with Crippen LogP contribution in [0.2, 0.25) is 0 Å². The van der Waals surface area contributed by atoms with Gasteiger partial charge in [0.2, 0.25) is 0 Å². The fourth-order valence-corrected chi connectivity index (χ4v) is 3.11. The maximum absolute atomic E-state index is 11.6. The molecule has 0 aliphatic carbocycles. The third-order valence-electron chi connectivity index (χ3n) is 4.80. The van der Waals surface area contributed by atoms with Gasteiger partial charge < -0.3 is 9.84 Å². The molecule has 0 atom stereocenters. The minimum Gasteiger partial charge on any atom is -0.466 e. The predicted octanol–water partition coefficient (Wildman–Crippen LogP) is 6.56. The summed E-state index contributed by atoms with van der Waals surface area (Å²) in [6, 6.07) is 0. The molecule has 0 heterocycles. The Balaban J connectivity index is 3.13. The Morgan fingerprint density at radius 2 is 1.08 bits per heavy atom. The van der Waals surface area contributed by atoms with E-state index >= 15 is 0 Å². The van der Waals surface area contributed by atoms with Crippen molar-refractivity contribution in [3.05, 3.63) is 0 Å². The summed E-state index contributed by atoms with van der Waals surface area (Å²) in [5, 5.41) is 8.69. The van der Waals surface area contributed by atoms with Crippen molar-refractivity contribution in [1.82, 2.24) is 0 Å². The first-order valence-corrected chi connectivity index (χ1v) is 11.1. The quantitative estimate of drug-likeness (QED) is 0.198. The Morgan fingerprint density at radius 1 is 0.640 bits per heavy atom. The topological polar surface area (TPSA) is 46.5 Å². The molecular weight excluding hydrogens is 312 g/mol. The van der Waals surface area contributed by atoms with Crippen LogP contribution in [0.15, 0.2) is 0 Å². The maximum Gasteiger partial charge on any atom is 0.305 e. The Bertz CT molecular complexity index is 266. The molecule has 0 saturated carbocycles. The number of carbonyl (C=O) groups is 1. The van der Waals surface area contributed by atoms with E-state index in [1.54, 1.807) is 0 Å². The van der Waals surface area contributed by atoms with Crippen LogP contribution in [0, 0.1) is 0 Å². The van der Waals surface area contributed by atoms with Gasteiger partial charge in [0.25, 0.3) is 0 Å². The zero-order valence-electron chi connectivity index (χ0n) is 16.9. The lowest BCUT2D eigenvalue weighted by Crippen LogP contribution is -2.05. The van der Waals surface area contributed by atoms with E-state index in [9.17, 15) is 4.79 Å². The third-order valence-corrected chi connectivity index (χ3v) is 4.80. The van der Waals surface area contributed by atoms with Gasteiger partial charge in [0.05, 0.1) is 6.61 Å². The van der Waals surface area contributed by atoms with E-state index in [4.69, 9.17) is 9.84 Å². The van der Waals surface area contributed by atoms with Crippen LogP contribution >= 0.6 is 0 Å². The number of hydrogen-bond donors (Lipinski definition) is 1. The average molecular weight is 357 g/mol. The summed E-state index contributed by atoms with van der Waals surface area (Å²) >= 11 is 0. The maximum atomic E-state index is 11.6. The standard InChI is InChI=1S/C22H44O3/c1-2-3-4-5-6-7-8-9-10-13-16-19-22(24)25-21-18-15-12-11-14-17-20-23/h23H,2-21H2,1H3. The number of unbranched alkanes of at least 4 members (excludes halogenated alkanes) is 15. The van der Waals surface area contributed by atoms with Crippen molar-refractivity contribution in [3.8, 4) is 0 Å². The molecule has 0 unspecified atom stereocenters. The molecule has 0 amide bonds. The second kappa shape index (κ2) is 21.5. The van der Waals surface area contributed by atoms with E-state index in [1.165, 1.54) is 70.6 Å². The number of aliphatic hydroxyl groups excluding tert-OH is 1. The lowest BCUT2D eigenvalue weighted by atomic mass is 10.1. The van der Waals surface area contributed by atoms with Gasteiger partial charge in [-0.3, -0.25) is 4.79 Å². The molecule has 0 spiro atoms. The van der Waals surface area contributed by atoms with Crippen LogP contribution in [0.25, 0.3) is 0 Å². The molecule has 0 aliphatic rings. The molecule has 1 N–H and O–H groups in total. The molecule has 0 saturated heterocycles. The van der Waals surface area contributed by atoms with Gasteiger partial charge in [-0.1, -0.05) is 96.8 Å². The van der Waals surface area contributed by atoms with E-state index in [-0.39, 0.29) is 5.97 Å².